The Morgan fingerprint density at radius 2 is 1.96 bits per heavy atom. The number of hydrogen-bond acceptors (Lipinski definition) is 3. The molecular weight excluding hydrogens is 333 g/mol. The Morgan fingerprint density at radius 3 is 2.70 bits per heavy atom. The van der Waals surface area contributed by atoms with Crippen LogP contribution in [0.2, 0.25) is 5.02 Å². The lowest BCUT2D eigenvalue weighted by Crippen LogP contribution is -2.15. The smallest absolute Gasteiger partial charge is 0.134 e. The summed E-state index contributed by atoms with van der Waals surface area (Å²) in [5.74, 6) is 1.81. The quantitative estimate of drug-likeness (QED) is 0.641. The number of rotatable bonds is 7. The van der Waals surface area contributed by atoms with Crippen molar-refractivity contribution in [2.24, 2.45) is 0 Å². The third-order valence-electron chi connectivity index (χ3n) is 3.42. The lowest BCUT2D eigenvalue weighted by molar-refractivity contribution is 0.484. The molecule has 0 aliphatic heterocycles. The van der Waals surface area contributed by atoms with E-state index in [-0.39, 0.29) is 12.4 Å². The number of benzene rings is 1. The van der Waals surface area contributed by atoms with Gasteiger partial charge in [-0.15, -0.1) is 12.4 Å². The topological polar surface area (TPSA) is 43.0 Å². The average molecular weight is 352 g/mol. The van der Waals surface area contributed by atoms with E-state index in [4.69, 9.17) is 16.0 Å². The lowest BCUT2D eigenvalue weighted by atomic mass is 10.2. The summed E-state index contributed by atoms with van der Waals surface area (Å²) in [4.78, 5) is 4.02. The van der Waals surface area contributed by atoms with Gasteiger partial charge in [0.15, 0.2) is 0 Å². The Labute approximate surface area is 146 Å². The Morgan fingerprint density at radius 1 is 1.13 bits per heavy atom. The van der Waals surface area contributed by atoms with Crippen LogP contribution in [0.4, 0.5) is 0 Å². The van der Waals surface area contributed by atoms with Gasteiger partial charge >= 0.3 is 0 Å². The minimum Gasteiger partial charge on any atom is -0.460 e. The third-order valence-corrected chi connectivity index (χ3v) is 3.67. The summed E-state index contributed by atoms with van der Waals surface area (Å²) in [6.45, 7) is 2.65. The summed E-state index contributed by atoms with van der Waals surface area (Å²) in [5, 5.41) is 4.12. The first kappa shape index (κ1) is 17.6. The molecule has 23 heavy (non-hydrogen) atoms. The molecule has 2 aromatic heterocycles. The molecule has 0 amide bonds. The number of halogens is 2. The molecule has 1 aromatic carbocycles. The van der Waals surface area contributed by atoms with Gasteiger partial charge in [-0.2, -0.15) is 0 Å². The lowest BCUT2D eigenvalue weighted by Gasteiger charge is -2.04. The van der Waals surface area contributed by atoms with Gasteiger partial charge in [0, 0.05) is 29.5 Å². The number of furan rings is 1. The SMILES string of the molecule is Cl.Clc1ccc(-c2ccc(CNCCCn3ccnc3)o2)cc1. The molecule has 0 aliphatic rings. The molecule has 0 unspecified atom stereocenters. The molecule has 0 bridgehead atoms. The summed E-state index contributed by atoms with van der Waals surface area (Å²) in [5.41, 5.74) is 1.04. The Hall–Kier alpha value is -1.75. The maximum Gasteiger partial charge on any atom is 0.134 e. The predicted octanol–water partition coefficient (Wildman–Crippen LogP) is 4.40. The molecule has 1 N–H and O–H groups in total. The molecule has 0 saturated carbocycles. The van der Waals surface area contributed by atoms with Crippen LogP contribution < -0.4 is 5.32 Å². The van der Waals surface area contributed by atoms with Crippen molar-refractivity contribution in [3.8, 4) is 11.3 Å². The van der Waals surface area contributed by atoms with E-state index in [0.717, 1.165) is 48.2 Å². The molecule has 3 aromatic rings. The van der Waals surface area contributed by atoms with Crippen LogP contribution in [-0.2, 0) is 13.1 Å². The van der Waals surface area contributed by atoms with E-state index in [0.29, 0.717) is 0 Å². The van der Waals surface area contributed by atoms with Crippen molar-refractivity contribution in [1.82, 2.24) is 14.9 Å². The summed E-state index contributed by atoms with van der Waals surface area (Å²) >= 11 is 5.89. The Balaban J connectivity index is 0.00000192. The van der Waals surface area contributed by atoms with E-state index in [1.165, 1.54) is 0 Å². The van der Waals surface area contributed by atoms with E-state index in [2.05, 4.69) is 14.9 Å². The summed E-state index contributed by atoms with van der Waals surface area (Å²) in [6, 6.07) is 11.7. The average Bonchev–Trinajstić information content (AvgIpc) is 3.19. The maximum absolute atomic E-state index is 5.89. The normalized spacial score (nSPS) is 10.5. The first-order chi connectivity index (χ1) is 10.8. The molecule has 122 valence electrons. The second-order valence-electron chi connectivity index (χ2n) is 5.10. The number of nitrogens with zero attached hydrogens (tertiary/aromatic N) is 2. The standard InChI is InChI=1S/C17H18ClN3O.ClH/c18-15-4-2-14(3-5-15)17-7-6-16(22-17)12-19-8-1-10-21-11-9-20-13-21;/h2-7,9,11,13,19H,1,8,10,12H2;1H. The van der Waals surface area contributed by atoms with Gasteiger partial charge < -0.3 is 14.3 Å². The Kier molecular flexibility index (Phi) is 6.71. The number of aryl methyl sites for hydroxylation is 1. The van der Waals surface area contributed by atoms with Gasteiger partial charge in [0.05, 0.1) is 12.9 Å². The second kappa shape index (κ2) is 8.77. The highest BCUT2D eigenvalue weighted by atomic mass is 35.5. The molecule has 4 nitrogen and oxygen atoms in total. The number of nitrogens with one attached hydrogen (secondary N) is 1. The molecule has 0 spiro atoms. The zero-order valence-electron chi connectivity index (χ0n) is 12.6. The van der Waals surface area contributed by atoms with E-state index < -0.39 is 0 Å². The van der Waals surface area contributed by atoms with Crippen molar-refractivity contribution in [3.05, 3.63) is 65.9 Å². The number of hydrogen-bond donors (Lipinski definition) is 1. The first-order valence-corrected chi connectivity index (χ1v) is 7.70. The molecule has 0 radical (unpaired) electrons. The summed E-state index contributed by atoms with van der Waals surface area (Å²) in [6.07, 6.45) is 6.67. The fourth-order valence-electron chi connectivity index (χ4n) is 2.26. The molecule has 0 atom stereocenters. The van der Waals surface area contributed by atoms with Gasteiger partial charge in [0.1, 0.15) is 11.5 Å². The van der Waals surface area contributed by atoms with Crippen LogP contribution in [0.1, 0.15) is 12.2 Å². The molecule has 6 heteroatoms. The van der Waals surface area contributed by atoms with Crippen LogP contribution in [0, 0.1) is 0 Å². The predicted molar refractivity (Wildman–Crippen MR) is 95.0 cm³/mol. The maximum atomic E-state index is 5.89. The van der Waals surface area contributed by atoms with Gasteiger partial charge in [-0.3, -0.25) is 0 Å². The van der Waals surface area contributed by atoms with E-state index in [1.54, 1.807) is 6.20 Å². The van der Waals surface area contributed by atoms with Crippen molar-refractivity contribution in [3.63, 3.8) is 0 Å². The van der Waals surface area contributed by atoms with Crippen LogP contribution in [0.15, 0.2) is 59.5 Å². The van der Waals surface area contributed by atoms with Crippen molar-refractivity contribution >= 4 is 24.0 Å². The van der Waals surface area contributed by atoms with Gasteiger partial charge in [0.2, 0.25) is 0 Å². The molecule has 3 rings (SSSR count). The highest BCUT2D eigenvalue weighted by Gasteiger charge is 2.04. The highest BCUT2D eigenvalue weighted by molar-refractivity contribution is 6.30. The van der Waals surface area contributed by atoms with Gasteiger partial charge in [0.25, 0.3) is 0 Å². The fraction of sp³-hybridized carbons (Fsp3) is 0.235. The van der Waals surface area contributed by atoms with Gasteiger partial charge in [-0.05, 0) is 49.4 Å². The monoisotopic (exact) mass is 351 g/mol. The number of imidazole rings is 1. The van der Waals surface area contributed by atoms with Gasteiger partial charge in [-0.25, -0.2) is 4.98 Å². The van der Waals surface area contributed by atoms with E-state index in [1.807, 2.05) is 48.9 Å². The zero-order valence-corrected chi connectivity index (χ0v) is 14.2. The van der Waals surface area contributed by atoms with Crippen LogP contribution >= 0.6 is 24.0 Å². The van der Waals surface area contributed by atoms with E-state index in [9.17, 15) is 0 Å². The van der Waals surface area contributed by atoms with Crippen LogP contribution in [0.25, 0.3) is 11.3 Å². The molecule has 2 heterocycles. The minimum absolute atomic E-state index is 0. The van der Waals surface area contributed by atoms with Crippen LogP contribution in [0.5, 0.6) is 0 Å². The Bertz CT molecular complexity index is 693. The molecule has 0 fully saturated rings. The van der Waals surface area contributed by atoms with Crippen molar-refractivity contribution in [2.45, 2.75) is 19.5 Å². The molecule has 0 saturated heterocycles. The molecular formula is C17H19Cl2N3O. The minimum atomic E-state index is 0. The van der Waals surface area contributed by atoms with Crippen LogP contribution in [0.3, 0.4) is 0 Å². The summed E-state index contributed by atoms with van der Waals surface area (Å²) in [7, 11) is 0. The van der Waals surface area contributed by atoms with Crippen LogP contribution in [-0.4, -0.2) is 16.1 Å². The zero-order chi connectivity index (χ0) is 15.2. The highest BCUT2D eigenvalue weighted by Crippen LogP contribution is 2.23. The van der Waals surface area contributed by atoms with Crippen molar-refractivity contribution < 1.29 is 4.42 Å². The van der Waals surface area contributed by atoms with E-state index >= 15 is 0 Å². The number of aromatic nitrogens is 2. The van der Waals surface area contributed by atoms with Crippen molar-refractivity contribution in [2.75, 3.05) is 6.54 Å². The first-order valence-electron chi connectivity index (χ1n) is 7.32. The largest absolute Gasteiger partial charge is 0.460 e. The van der Waals surface area contributed by atoms with Gasteiger partial charge in [-0.1, -0.05) is 11.6 Å². The second-order valence-corrected chi connectivity index (χ2v) is 5.54. The van der Waals surface area contributed by atoms with Crippen molar-refractivity contribution in [1.29, 1.82) is 0 Å². The summed E-state index contributed by atoms with van der Waals surface area (Å²) < 4.78 is 7.92. The third kappa shape index (κ3) is 5.13. The fourth-order valence-corrected chi connectivity index (χ4v) is 2.39. The molecule has 0 aliphatic carbocycles.